The van der Waals surface area contributed by atoms with Crippen LogP contribution in [-0.2, 0) is 32.1 Å². The van der Waals surface area contributed by atoms with E-state index in [4.69, 9.17) is 19.0 Å². The van der Waals surface area contributed by atoms with E-state index in [9.17, 15) is 14.7 Å². The highest BCUT2D eigenvalue weighted by Gasteiger charge is 2.34. The summed E-state index contributed by atoms with van der Waals surface area (Å²) in [5.74, 6) is -0.160. The fourth-order valence-electron chi connectivity index (χ4n) is 5.80. The van der Waals surface area contributed by atoms with E-state index in [1.165, 1.54) is 12.0 Å². The zero-order chi connectivity index (χ0) is 32.1. The fraction of sp³-hybridized carbons (Fsp3) is 0.324. The van der Waals surface area contributed by atoms with Crippen molar-refractivity contribution < 1.29 is 33.7 Å². The lowest BCUT2D eigenvalue weighted by Crippen LogP contribution is -2.50. The average molecular weight is 624 g/mol. The third kappa shape index (κ3) is 9.08. The third-order valence-corrected chi connectivity index (χ3v) is 8.21. The zero-order valence-electron chi connectivity index (χ0n) is 26.0. The Balaban J connectivity index is 1.29. The van der Waals surface area contributed by atoms with Crippen molar-refractivity contribution in [1.82, 2.24) is 4.90 Å². The van der Waals surface area contributed by atoms with E-state index < -0.39 is 12.1 Å². The first-order valence-corrected chi connectivity index (χ1v) is 15.5. The van der Waals surface area contributed by atoms with Crippen molar-refractivity contribution in [3.8, 4) is 5.75 Å². The topological polar surface area (TPSA) is 110 Å². The molecular weight excluding hydrogens is 584 g/mol. The van der Waals surface area contributed by atoms with Gasteiger partial charge in [-0.15, -0.1) is 0 Å². The number of nitrogens with zero attached hydrogens (tertiary/aromatic N) is 2. The lowest BCUT2D eigenvalue weighted by atomic mass is 9.76. The maximum absolute atomic E-state index is 12.0. The minimum atomic E-state index is -1.22. The van der Waals surface area contributed by atoms with Crippen LogP contribution >= 0.6 is 0 Å². The summed E-state index contributed by atoms with van der Waals surface area (Å²) in [5.41, 5.74) is 3.83. The summed E-state index contributed by atoms with van der Waals surface area (Å²) in [6.07, 6.45) is 0.534. The summed E-state index contributed by atoms with van der Waals surface area (Å²) < 4.78 is 16.4. The molecule has 0 bridgehead atoms. The monoisotopic (exact) mass is 623 g/mol. The van der Waals surface area contributed by atoms with Crippen LogP contribution in [0.1, 0.15) is 35.4 Å². The minimum Gasteiger partial charge on any atom is -0.530 e. The number of carbonyl (C=O) groups excluding carboxylic acids is 2. The van der Waals surface area contributed by atoms with E-state index >= 15 is 0 Å². The molecule has 0 saturated carbocycles. The largest absolute Gasteiger partial charge is 0.530 e. The molecule has 0 spiro atoms. The van der Waals surface area contributed by atoms with Crippen molar-refractivity contribution in [3.63, 3.8) is 0 Å². The van der Waals surface area contributed by atoms with Gasteiger partial charge in [0.15, 0.2) is 0 Å². The molecule has 4 aromatic rings. The Bertz CT molecular complexity index is 1610. The summed E-state index contributed by atoms with van der Waals surface area (Å²) in [4.78, 5) is 30.5. The number of hydrogen-bond acceptors (Lipinski definition) is 8. The van der Waals surface area contributed by atoms with Crippen molar-refractivity contribution in [2.45, 2.75) is 31.8 Å². The second-order valence-electron chi connectivity index (χ2n) is 11.3. The van der Waals surface area contributed by atoms with Crippen LogP contribution in [0.25, 0.3) is 10.8 Å². The van der Waals surface area contributed by atoms with Crippen LogP contribution in [0.5, 0.6) is 5.75 Å². The number of ether oxygens (including phenoxy) is 3. The number of piperidine rings is 1. The Morgan fingerprint density at radius 1 is 0.891 bits per heavy atom. The van der Waals surface area contributed by atoms with Crippen LogP contribution in [0, 0.1) is 5.92 Å². The Morgan fingerprint density at radius 2 is 1.65 bits per heavy atom. The van der Waals surface area contributed by atoms with Gasteiger partial charge < -0.3 is 33.8 Å². The predicted octanol–water partition coefficient (Wildman–Crippen LogP) is 5.36. The molecule has 2 unspecified atom stereocenters. The van der Waals surface area contributed by atoms with Crippen molar-refractivity contribution in [3.05, 3.63) is 114 Å². The Kier molecular flexibility index (Phi) is 11.6. The lowest BCUT2D eigenvalue weighted by molar-refractivity contribution is -0.266. The van der Waals surface area contributed by atoms with Gasteiger partial charge in [-0.3, -0.25) is 0 Å². The van der Waals surface area contributed by atoms with Gasteiger partial charge in [0, 0.05) is 31.8 Å². The van der Waals surface area contributed by atoms with E-state index in [-0.39, 0.29) is 25.0 Å². The van der Waals surface area contributed by atoms with E-state index in [1.807, 2.05) is 78.9 Å². The standard InChI is InChI=1S/C37H40N2O7/c1-43-36(40)26-46-38-35(23-28-12-13-29-10-5-6-11-31(29)22-28)34-24-39(37(41)42)19-18-33(34)30-14-16-32(17-15-30)45-21-7-20-44-25-27-8-3-2-4-9-27/h2-6,8-17,22,33-34H,7,18-21,23-26H2,1H3,(H,41,42)/p-1/b38-35-. The van der Waals surface area contributed by atoms with E-state index in [0.717, 1.165) is 39.6 Å². The third-order valence-electron chi connectivity index (χ3n) is 8.21. The predicted molar refractivity (Wildman–Crippen MR) is 174 cm³/mol. The molecule has 1 aliphatic heterocycles. The van der Waals surface area contributed by atoms with Crippen molar-refractivity contribution in [2.75, 3.05) is 40.0 Å². The number of likely N-dealkylation sites (tertiary alicyclic amines) is 1. The normalized spacial score (nSPS) is 16.6. The molecule has 46 heavy (non-hydrogen) atoms. The van der Waals surface area contributed by atoms with Gasteiger partial charge in [-0.05, 0) is 51.9 Å². The molecule has 1 saturated heterocycles. The molecule has 5 rings (SSSR count). The molecule has 9 nitrogen and oxygen atoms in total. The highest BCUT2D eigenvalue weighted by molar-refractivity contribution is 5.91. The van der Waals surface area contributed by atoms with Crippen molar-refractivity contribution in [1.29, 1.82) is 0 Å². The molecule has 240 valence electrons. The summed E-state index contributed by atoms with van der Waals surface area (Å²) in [6.45, 7) is 1.90. The molecular formula is C37H39N2O7-. The first-order chi connectivity index (χ1) is 22.5. The molecule has 1 heterocycles. The number of rotatable bonds is 14. The van der Waals surface area contributed by atoms with Gasteiger partial charge in [0.05, 0.1) is 32.6 Å². The number of hydrogen-bond donors (Lipinski definition) is 0. The van der Waals surface area contributed by atoms with Crippen LogP contribution in [-0.4, -0.2) is 62.7 Å². The quantitative estimate of drug-likeness (QED) is 0.0805. The van der Waals surface area contributed by atoms with Gasteiger partial charge in [0.2, 0.25) is 6.61 Å². The Hall–Kier alpha value is -4.89. The maximum Gasteiger partial charge on any atom is 0.346 e. The molecule has 9 heteroatoms. The molecule has 0 aromatic heterocycles. The number of carbonyl (C=O) groups is 2. The van der Waals surface area contributed by atoms with Gasteiger partial charge in [0.25, 0.3) is 0 Å². The molecule has 0 N–H and O–H groups in total. The van der Waals surface area contributed by atoms with E-state index in [1.54, 1.807) is 0 Å². The van der Waals surface area contributed by atoms with Crippen LogP contribution in [0.2, 0.25) is 0 Å². The minimum absolute atomic E-state index is 0.0445. The second kappa shape index (κ2) is 16.4. The summed E-state index contributed by atoms with van der Waals surface area (Å²) in [7, 11) is 1.29. The number of esters is 1. The van der Waals surface area contributed by atoms with Gasteiger partial charge in [0.1, 0.15) is 11.8 Å². The van der Waals surface area contributed by atoms with Crippen molar-refractivity contribution in [2.24, 2.45) is 11.1 Å². The van der Waals surface area contributed by atoms with Crippen molar-refractivity contribution >= 4 is 28.5 Å². The van der Waals surface area contributed by atoms with Gasteiger partial charge in [-0.2, -0.15) is 0 Å². The summed E-state index contributed by atoms with van der Waals surface area (Å²) in [5, 5.41) is 18.6. The number of carboxylic acid groups (broad SMARTS) is 1. The summed E-state index contributed by atoms with van der Waals surface area (Å²) in [6, 6.07) is 32.3. The van der Waals surface area contributed by atoms with Crippen LogP contribution in [0.3, 0.4) is 0 Å². The molecule has 1 amide bonds. The molecule has 0 radical (unpaired) electrons. The molecule has 0 aliphatic carbocycles. The first kappa shape index (κ1) is 32.5. The van der Waals surface area contributed by atoms with E-state index in [2.05, 4.69) is 23.4 Å². The maximum atomic E-state index is 12.0. The average Bonchev–Trinajstić information content (AvgIpc) is 3.09. The zero-order valence-corrected chi connectivity index (χ0v) is 26.0. The number of amides is 1. The lowest BCUT2D eigenvalue weighted by Gasteiger charge is -2.40. The number of methoxy groups -OCH3 is 1. The molecule has 1 fully saturated rings. The number of benzene rings is 4. The van der Waals surface area contributed by atoms with E-state index in [0.29, 0.717) is 44.9 Å². The fourth-order valence-corrected chi connectivity index (χ4v) is 5.80. The van der Waals surface area contributed by atoms with Crippen LogP contribution < -0.4 is 9.84 Å². The molecule has 4 aromatic carbocycles. The number of fused-ring (bicyclic) bond motifs is 1. The van der Waals surface area contributed by atoms with Gasteiger partial charge in [-0.25, -0.2) is 4.79 Å². The first-order valence-electron chi connectivity index (χ1n) is 15.5. The van der Waals surface area contributed by atoms with Crippen LogP contribution in [0.4, 0.5) is 4.79 Å². The second-order valence-corrected chi connectivity index (χ2v) is 11.3. The van der Waals surface area contributed by atoms with Crippen LogP contribution in [0.15, 0.2) is 102 Å². The Morgan fingerprint density at radius 3 is 2.41 bits per heavy atom. The highest BCUT2D eigenvalue weighted by Crippen LogP contribution is 2.36. The number of oxime groups is 1. The highest BCUT2D eigenvalue weighted by atomic mass is 16.6. The summed E-state index contributed by atoms with van der Waals surface area (Å²) >= 11 is 0. The van der Waals surface area contributed by atoms with Gasteiger partial charge >= 0.3 is 5.97 Å². The molecule has 1 aliphatic rings. The molecule has 2 atom stereocenters. The Labute approximate surface area is 269 Å². The smallest absolute Gasteiger partial charge is 0.346 e. The van der Waals surface area contributed by atoms with Gasteiger partial charge in [-0.1, -0.05) is 90.1 Å². The SMILES string of the molecule is COC(=O)CO/N=C(/Cc1ccc2ccccc2c1)C1CN(C(=O)[O-])CCC1c1ccc(OCCCOCc2ccccc2)cc1.